The molecule has 3 heteroatoms. The van der Waals surface area contributed by atoms with Gasteiger partial charge < -0.3 is 9.47 Å². The highest BCUT2D eigenvalue weighted by Crippen LogP contribution is 2.38. The molecular formula is C52H89NO2. The number of hydrogen-bond acceptors (Lipinski definition) is 3. The molecule has 1 saturated heterocycles. The Hall–Kier alpha value is -1.97. The zero-order valence-electron chi connectivity index (χ0n) is 37.1. The normalized spacial score (nSPS) is 16.9. The SMILES string of the molecule is CCCCC/C=C\C/C=C\CCCCCCCCC1(CCCCCCCC/C=C\C/C=C\CCCCC)OCC(CCCC(C)C(C)(C)c2cccnc2)O1. The molecule has 55 heavy (non-hydrogen) atoms. The Kier molecular flexibility index (Phi) is 29.5. The van der Waals surface area contributed by atoms with Gasteiger partial charge in [-0.3, -0.25) is 4.98 Å². The highest BCUT2D eigenvalue weighted by molar-refractivity contribution is 5.20. The fraction of sp³-hybridized carbons (Fsp3) is 0.750. The van der Waals surface area contributed by atoms with Gasteiger partial charge in [-0.2, -0.15) is 0 Å². The van der Waals surface area contributed by atoms with Gasteiger partial charge in [-0.15, -0.1) is 0 Å². The molecule has 0 aliphatic carbocycles. The number of pyridine rings is 1. The number of unbranched alkanes of at least 4 members (excludes halogenated alkanes) is 18. The van der Waals surface area contributed by atoms with Crippen molar-refractivity contribution in [3.05, 3.63) is 78.7 Å². The number of hydrogen-bond donors (Lipinski definition) is 0. The molecule has 2 unspecified atom stereocenters. The van der Waals surface area contributed by atoms with E-state index in [1.165, 1.54) is 160 Å². The van der Waals surface area contributed by atoms with Gasteiger partial charge in [0.1, 0.15) is 0 Å². The third kappa shape index (κ3) is 24.4. The van der Waals surface area contributed by atoms with Gasteiger partial charge in [0.2, 0.25) is 0 Å². The van der Waals surface area contributed by atoms with E-state index in [4.69, 9.17) is 9.47 Å². The number of allylic oxidation sites excluding steroid dienone is 8. The van der Waals surface area contributed by atoms with Crippen LogP contribution in [-0.2, 0) is 14.9 Å². The Labute approximate surface area is 342 Å². The molecule has 0 aromatic carbocycles. The maximum absolute atomic E-state index is 6.89. The van der Waals surface area contributed by atoms with Crippen LogP contribution in [0.25, 0.3) is 0 Å². The third-order valence-electron chi connectivity index (χ3n) is 12.2. The zero-order valence-corrected chi connectivity index (χ0v) is 37.1. The van der Waals surface area contributed by atoms with Gasteiger partial charge in [-0.1, -0.05) is 173 Å². The van der Waals surface area contributed by atoms with E-state index >= 15 is 0 Å². The predicted octanol–water partition coefficient (Wildman–Crippen LogP) is 16.7. The molecular weight excluding hydrogens is 671 g/mol. The van der Waals surface area contributed by atoms with Crippen molar-refractivity contribution in [2.45, 2.75) is 238 Å². The number of ether oxygens (including phenoxy) is 2. The maximum atomic E-state index is 6.89. The quantitative estimate of drug-likeness (QED) is 0.0504. The lowest BCUT2D eigenvalue weighted by Gasteiger charge is -2.32. The molecule has 314 valence electrons. The average Bonchev–Trinajstić information content (AvgIpc) is 3.60. The van der Waals surface area contributed by atoms with E-state index in [-0.39, 0.29) is 17.3 Å². The van der Waals surface area contributed by atoms with Crippen molar-refractivity contribution < 1.29 is 9.47 Å². The Morgan fingerprint density at radius 3 is 1.60 bits per heavy atom. The molecule has 0 amide bonds. The summed E-state index contributed by atoms with van der Waals surface area (Å²) in [6.07, 6.45) is 59.5. The monoisotopic (exact) mass is 760 g/mol. The lowest BCUT2D eigenvalue weighted by atomic mass is 9.73. The molecule has 1 aromatic rings. The molecule has 1 aromatic heterocycles. The second-order valence-electron chi connectivity index (χ2n) is 17.4. The maximum Gasteiger partial charge on any atom is 0.168 e. The molecule has 0 spiro atoms. The van der Waals surface area contributed by atoms with E-state index in [1.54, 1.807) is 0 Å². The molecule has 1 fully saturated rings. The minimum absolute atomic E-state index is 0.119. The fourth-order valence-corrected chi connectivity index (χ4v) is 7.95. The molecule has 0 bridgehead atoms. The van der Waals surface area contributed by atoms with Crippen molar-refractivity contribution in [2.24, 2.45) is 5.92 Å². The van der Waals surface area contributed by atoms with Gasteiger partial charge in [-0.25, -0.2) is 0 Å². The van der Waals surface area contributed by atoms with Crippen LogP contribution in [0, 0.1) is 5.92 Å². The summed E-state index contributed by atoms with van der Waals surface area (Å²) in [5.74, 6) is 0.232. The van der Waals surface area contributed by atoms with Crippen molar-refractivity contribution >= 4 is 0 Å². The topological polar surface area (TPSA) is 31.4 Å². The second-order valence-corrected chi connectivity index (χ2v) is 17.4. The molecule has 3 nitrogen and oxygen atoms in total. The van der Waals surface area contributed by atoms with Crippen LogP contribution in [-0.4, -0.2) is 23.5 Å². The third-order valence-corrected chi connectivity index (χ3v) is 12.2. The molecule has 0 N–H and O–H groups in total. The first-order valence-electron chi connectivity index (χ1n) is 23.8. The number of aromatic nitrogens is 1. The Morgan fingerprint density at radius 2 is 1.13 bits per heavy atom. The van der Waals surface area contributed by atoms with Crippen LogP contribution in [0.4, 0.5) is 0 Å². The van der Waals surface area contributed by atoms with Crippen molar-refractivity contribution in [3.63, 3.8) is 0 Å². The molecule has 2 rings (SSSR count). The summed E-state index contributed by atoms with van der Waals surface area (Å²) in [4.78, 5) is 4.39. The van der Waals surface area contributed by atoms with E-state index in [1.807, 2.05) is 12.4 Å². The summed E-state index contributed by atoms with van der Waals surface area (Å²) in [5, 5.41) is 0. The van der Waals surface area contributed by atoms with Gasteiger partial charge in [0, 0.05) is 25.2 Å². The Bertz CT molecular complexity index is 1070. The summed E-state index contributed by atoms with van der Waals surface area (Å²) in [5.41, 5.74) is 1.46. The van der Waals surface area contributed by atoms with Crippen molar-refractivity contribution in [2.75, 3.05) is 6.61 Å². The van der Waals surface area contributed by atoms with Gasteiger partial charge in [0.25, 0.3) is 0 Å². The molecule has 1 aliphatic rings. The standard InChI is InChI=1S/C52H89NO2/c1-6-8-10-12-14-16-18-20-22-24-26-28-30-32-34-36-43-52(44-37-35-33-31-29-27-25-23-21-19-17-15-13-11-9-7-2)54-47-50(55-52)42-38-40-48(3)51(4,5)49-41-39-45-53-46-49/h14-17,20-23,39,41,45-46,48,50H,6-13,18-19,24-38,40,42-44,47H2,1-5H3/b16-14-,17-15-,22-20-,23-21-. The van der Waals surface area contributed by atoms with E-state index in [0.29, 0.717) is 5.92 Å². The van der Waals surface area contributed by atoms with Crippen LogP contribution in [0.5, 0.6) is 0 Å². The summed E-state index contributed by atoms with van der Waals surface area (Å²) in [7, 11) is 0. The first-order chi connectivity index (χ1) is 26.9. The van der Waals surface area contributed by atoms with E-state index in [2.05, 4.69) is 100 Å². The van der Waals surface area contributed by atoms with Crippen LogP contribution < -0.4 is 0 Å². The lowest BCUT2D eigenvalue weighted by molar-refractivity contribution is -0.180. The zero-order chi connectivity index (χ0) is 39.6. The molecule has 0 radical (unpaired) electrons. The molecule has 0 saturated carbocycles. The van der Waals surface area contributed by atoms with E-state index in [9.17, 15) is 0 Å². The van der Waals surface area contributed by atoms with Crippen molar-refractivity contribution in [1.29, 1.82) is 0 Å². The van der Waals surface area contributed by atoms with Gasteiger partial charge in [-0.05, 0) is 113 Å². The van der Waals surface area contributed by atoms with Gasteiger partial charge in [0.05, 0.1) is 12.7 Å². The highest BCUT2D eigenvalue weighted by Gasteiger charge is 2.40. The minimum Gasteiger partial charge on any atom is -0.347 e. The van der Waals surface area contributed by atoms with Gasteiger partial charge >= 0.3 is 0 Å². The molecule has 2 heterocycles. The predicted molar refractivity (Wildman–Crippen MR) is 242 cm³/mol. The first-order valence-corrected chi connectivity index (χ1v) is 23.8. The second kappa shape index (κ2) is 33.0. The number of rotatable bonds is 36. The minimum atomic E-state index is -0.351. The molecule has 1 aliphatic heterocycles. The van der Waals surface area contributed by atoms with Crippen LogP contribution >= 0.6 is 0 Å². The van der Waals surface area contributed by atoms with Gasteiger partial charge in [0.15, 0.2) is 5.79 Å². The Balaban J connectivity index is 1.68. The van der Waals surface area contributed by atoms with Crippen LogP contribution in [0.3, 0.4) is 0 Å². The van der Waals surface area contributed by atoms with Crippen molar-refractivity contribution in [3.8, 4) is 0 Å². The average molecular weight is 760 g/mol. The summed E-state index contributed by atoms with van der Waals surface area (Å²) >= 11 is 0. The first kappa shape index (κ1) is 49.2. The van der Waals surface area contributed by atoms with Crippen LogP contribution in [0.2, 0.25) is 0 Å². The Morgan fingerprint density at radius 1 is 0.655 bits per heavy atom. The fourth-order valence-electron chi connectivity index (χ4n) is 7.95. The summed E-state index contributed by atoms with van der Waals surface area (Å²) in [6.45, 7) is 12.5. The lowest BCUT2D eigenvalue weighted by Crippen LogP contribution is -2.31. The number of nitrogens with zero attached hydrogens (tertiary/aromatic N) is 1. The molecule has 2 atom stereocenters. The van der Waals surface area contributed by atoms with E-state index in [0.717, 1.165) is 38.7 Å². The summed E-state index contributed by atoms with van der Waals surface area (Å²) in [6, 6.07) is 4.30. The summed E-state index contributed by atoms with van der Waals surface area (Å²) < 4.78 is 13.5. The smallest absolute Gasteiger partial charge is 0.168 e. The van der Waals surface area contributed by atoms with Crippen molar-refractivity contribution in [1.82, 2.24) is 4.98 Å². The van der Waals surface area contributed by atoms with Crippen LogP contribution in [0.1, 0.15) is 226 Å². The van der Waals surface area contributed by atoms with Crippen LogP contribution in [0.15, 0.2) is 73.1 Å². The van der Waals surface area contributed by atoms with E-state index < -0.39 is 0 Å². The largest absolute Gasteiger partial charge is 0.347 e. The highest BCUT2D eigenvalue weighted by atomic mass is 16.7.